The Kier molecular flexibility index (Phi) is 2.84. The second-order valence-corrected chi connectivity index (χ2v) is 0.919. The van der Waals surface area contributed by atoms with Crippen LogP contribution in [0.4, 0.5) is 0 Å². The molecule has 0 rings (SSSR count). The van der Waals surface area contributed by atoms with Crippen molar-refractivity contribution in [1.82, 2.24) is 0 Å². The molecule has 0 spiro atoms. The molecule has 0 aromatic carbocycles. The summed E-state index contributed by atoms with van der Waals surface area (Å²) in [6, 6.07) is 0. The van der Waals surface area contributed by atoms with E-state index in [4.69, 9.17) is 6.42 Å². The first-order valence-electron chi connectivity index (χ1n) is 0.862. The van der Waals surface area contributed by atoms with Crippen molar-refractivity contribution in [2.45, 2.75) is 0 Å². The lowest BCUT2D eigenvalue weighted by Crippen LogP contribution is -1.27. The maximum Gasteiger partial charge on any atom is -0.00910 e. The third-order valence-corrected chi connectivity index (χ3v) is 0.306. The van der Waals surface area contributed by atoms with E-state index in [1.54, 1.807) is 6.26 Å². The summed E-state index contributed by atoms with van der Waals surface area (Å²) in [5.41, 5.74) is 0. The van der Waals surface area contributed by atoms with Crippen LogP contribution in [-0.4, -0.2) is 6.26 Å². The summed E-state index contributed by atoms with van der Waals surface area (Å²) in [7, 11) is 0. The topological polar surface area (TPSA) is 0 Å². The van der Waals surface area contributed by atoms with Crippen LogP contribution in [-0.2, 0) is 0 Å². The second-order valence-electron chi connectivity index (χ2n) is 0.306. The number of thioether (sulfide) groups is 1. The Morgan fingerprint density at radius 2 is 2.25 bits per heavy atom. The van der Waals surface area contributed by atoms with Gasteiger partial charge in [0, 0.05) is 0 Å². The van der Waals surface area contributed by atoms with Gasteiger partial charge in [-0.1, -0.05) is 0 Å². The van der Waals surface area contributed by atoms with E-state index in [0.717, 1.165) is 0 Å². The maximum absolute atomic E-state index is 6.16. The fraction of sp³-hybridized carbons (Fsp3) is 0.333. The van der Waals surface area contributed by atoms with Gasteiger partial charge in [-0.05, 0) is 6.26 Å². The zero-order valence-electron chi connectivity index (χ0n) is 2.41. The summed E-state index contributed by atoms with van der Waals surface area (Å²) in [6.07, 6.45) is 7.96. The predicted octanol–water partition coefficient (Wildman–Crippen LogP) is 0.897. The van der Waals surface area contributed by atoms with E-state index in [2.05, 4.69) is 5.25 Å². The minimum absolute atomic E-state index is 1.27. The predicted molar refractivity (Wildman–Crippen MR) is 20.6 cm³/mol. The van der Waals surface area contributed by atoms with Gasteiger partial charge in [-0.15, -0.1) is 11.8 Å². The molecule has 0 aliphatic carbocycles. The quantitative estimate of drug-likeness (QED) is 0.302. The van der Waals surface area contributed by atoms with Crippen LogP contribution < -0.4 is 0 Å². The number of hydrogen-bond acceptors (Lipinski definition) is 1. The molecule has 0 fully saturated rings. The summed E-state index contributed by atoms with van der Waals surface area (Å²) < 4.78 is 0. The number of rotatable bonds is 0. The fourth-order valence-corrected chi connectivity index (χ4v) is 0. The van der Waals surface area contributed by atoms with Gasteiger partial charge in [0.05, 0.1) is 0 Å². The summed E-state index contributed by atoms with van der Waals surface area (Å²) >= 11 is 1.27. The van der Waals surface area contributed by atoms with E-state index < -0.39 is 0 Å². The van der Waals surface area contributed by atoms with E-state index in [0.29, 0.717) is 0 Å². The average molecular weight is 71.1 g/mol. The average Bonchev–Trinajstić information content (AvgIpc) is 1.37. The van der Waals surface area contributed by atoms with Crippen molar-refractivity contribution in [3.05, 3.63) is 6.42 Å². The van der Waals surface area contributed by atoms with Gasteiger partial charge in [-0.3, -0.25) is 5.25 Å². The lowest BCUT2D eigenvalue weighted by atomic mass is 11.4. The van der Waals surface area contributed by atoms with E-state index in [9.17, 15) is 0 Å². The van der Waals surface area contributed by atoms with Gasteiger partial charge in [0.25, 0.3) is 0 Å². The standard InChI is InChI=1S/C3H3S/c1-3-4-2/h2H3/q-1. The summed E-state index contributed by atoms with van der Waals surface area (Å²) in [4.78, 5) is 0. The first-order chi connectivity index (χ1) is 1.91. The van der Waals surface area contributed by atoms with E-state index >= 15 is 0 Å². The van der Waals surface area contributed by atoms with Crippen molar-refractivity contribution in [2.24, 2.45) is 0 Å². The van der Waals surface area contributed by atoms with Gasteiger partial charge in [-0.2, -0.15) is 0 Å². The van der Waals surface area contributed by atoms with Crippen LogP contribution in [0.15, 0.2) is 0 Å². The van der Waals surface area contributed by atoms with Crippen LogP contribution in [0.3, 0.4) is 0 Å². The van der Waals surface area contributed by atoms with Gasteiger partial charge < -0.3 is 6.42 Å². The third kappa shape index (κ3) is 1.91. The monoisotopic (exact) mass is 71.0 g/mol. The molecule has 0 aromatic rings. The van der Waals surface area contributed by atoms with Crippen molar-refractivity contribution in [3.63, 3.8) is 0 Å². The van der Waals surface area contributed by atoms with Crippen LogP contribution in [0.5, 0.6) is 0 Å². The fourth-order valence-electron chi connectivity index (χ4n) is 0. The molecule has 0 aromatic heterocycles. The molecule has 0 amide bonds. The normalized spacial score (nSPS) is 5.00. The third-order valence-electron chi connectivity index (χ3n) is 0.102. The minimum atomic E-state index is 1.27. The maximum atomic E-state index is 6.16. The molecule has 0 aliphatic heterocycles. The first-order valence-corrected chi connectivity index (χ1v) is 2.09. The molecule has 0 unspecified atom stereocenters. The Labute approximate surface area is 30.6 Å². The van der Waals surface area contributed by atoms with E-state index in [1.807, 2.05) is 0 Å². The molecule has 0 atom stereocenters. The molecule has 0 N–H and O–H groups in total. The van der Waals surface area contributed by atoms with Crippen LogP contribution in [0.2, 0.25) is 0 Å². The Hall–Kier alpha value is -0.0900. The molecule has 0 saturated carbocycles. The molecule has 1 heteroatoms. The molecule has 0 nitrogen and oxygen atoms in total. The molecule has 0 bridgehead atoms. The van der Waals surface area contributed by atoms with Gasteiger partial charge in [-0.25, -0.2) is 0 Å². The SMILES string of the molecule is [C-]#CSC. The Bertz CT molecular complexity index is 33.0. The van der Waals surface area contributed by atoms with Crippen molar-refractivity contribution in [2.75, 3.05) is 6.26 Å². The first kappa shape index (κ1) is 3.91. The van der Waals surface area contributed by atoms with E-state index in [1.165, 1.54) is 11.8 Å². The summed E-state index contributed by atoms with van der Waals surface area (Å²) in [5.74, 6) is 0. The van der Waals surface area contributed by atoms with Gasteiger partial charge in [0.15, 0.2) is 0 Å². The highest BCUT2D eigenvalue weighted by molar-refractivity contribution is 8.03. The zero-order chi connectivity index (χ0) is 3.41. The highest BCUT2D eigenvalue weighted by atomic mass is 32.2. The zero-order valence-corrected chi connectivity index (χ0v) is 3.22. The van der Waals surface area contributed by atoms with Crippen molar-refractivity contribution in [1.29, 1.82) is 0 Å². The summed E-state index contributed by atoms with van der Waals surface area (Å²) in [5, 5.41) is 2.10. The number of hydrogen-bond donors (Lipinski definition) is 0. The van der Waals surface area contributed by atoms with Gasteiger partial charge in [0.2, 0.25) is 0 Å². The Morgan fingerprint density at radius 3 is 2.25 bits per heavy atom. The molecule has 0 heterocycles. The Morgan fingerprint density at radius 1 is 2.00 bits per heavy atom. The van der Waals surface area contributed by atoms with Crippen LogP contribution in [0, 0.1) is 11.7 Å². The van der Waals surface area contributed by atoms with Gasteiger partial charge in [0.1, 0.15) is 0 Å². The second kappa shape index (κ2) is 2.91. The molecule has 0 aliphatic rings. The van der Waals surface area contributed by atoms with Crippen LogP contribution >= 0.6 is 11.8 Å². The highest BCUT2D eigenvalue weighted by Crippen LogP contribution is 1.78. The van der Waals surface area contributed by atoms with Crippen LogP contribution in [0.25, 0.3) is 0 Å². The molecule has 0 radical (unpaired) electrons. The lowest BCUT2D eigenvalue weighted by Gasteiger charge is -1.68. The van der Waals surface area contributed by atoms with Gasteiger partial charge >= 0.3 is 0 Å². The van der Waals surface area contributed by atoms with Crippen molar-refractivity contribution >= 4 is 11.8 Å². The minimum Gasteiger partial charge on any atom is -0.681 e. The molecule has 22 valence electrons. The highest BCUT2D eigenvalue weighted by Gasteiger charge is 1.32. The molecular formula is C3H3S-. The van der Waals surface area contributed by atoms with Crippen molar-refractivity contribution in [3.8, 4) is 5.25 Å². The largest absolute Gasteiger partial charge is 0.681 e. The van der Waals surface area contributed by atoms with Crippen molar-refractivity contribution < 1.29 is 0 Å². The van der Waals surface area contributed by atoms with Crippen LogP contribution in [0.1, 0.15) is 0 Å². The molecule has 4 heavy (non-hydrogen) atoms. The smallest absolute Gasteiger partial charge is 0.00910 e. The summed E-state index contributed by atoms with van der Waals surface area (Å²) in [6.45, 7) is 0. The Balaban J connectivity index is 2.43. The lowest BCUT2D eigenvalue weighted by molar-refractivity contribution is 2.50. The molecular weight excluding hydrogens is 68.1 g/mol. The van der Waals surface area contributed by atoms with E-state index in [-0.39, 0.29) is 0 Å². The molecule has 0 saturated heterocycles.